The molecule has 0 saturated carbocycles. The van der Waals surface area contributed by atoms with E-state index in [1.54, 1.807) is 18.5 Å². The first kappa shape index (κ1) is 10.9. The quantitative estimate of drug-likeness (QED) is 0.495. The summed E-state index contributed by atoms with van der Waals surface area (Å²) in [7, 11) is 0. The lowest BCUT2D eigenvalue weighted by atomic mass is 10.1. The molecule has 0 atom stereocenters. The highest BCUT2D eigenvalue weighted by Gasteiger charge is 2.19. The number of amidine groups is 1. The van der Waals surface area contributed by atoms with Gasteiger partial charge < -0.3 is 15.7 Å². The highest BCUT2D eigenvalue weighted by Crippen LogP contribution is 2.22. The van der Waals surface area contributed by atoms with Crippen LogP contribution in [0.3, 0.4) is 0 Å². The van der Waals surface area contributed by atoms with Crippen molar-refractivity contribution in [2.75, 3.05) is 18.0 Å². The minimum atomic E-state index is -0.200. The molecule has 2 heterocycles. The molecule has 0 unspecified atom stereocenters. The normalized spacial score (nSPS) is 17.4. The second kappa shape index (κ2) is 4.49. The van der Waals surface area contributed by atoms with Crippen molar-refractivity contribution in [3.05, 3.63) is 24.0 Å². The zero-order valence-corrected chi connectivity index (χ0v) is 9.06. The molecule has 1 aromatic heterocycles. The number of nitrogens with one attached hydrogen (secondary N) is 1. The lowest BCUT2D eigenvalue weighted by Gasteiger charge is -2.32. The van der Waals surface area contributed by atoms with Crippen LogP contribution >= 0.6 is 0 Å². The van der Waals surface area contributed by atoms with Crippen LogP contribution in [0.25, 0.3) is 0 Å². The standard InChI is InChI=1S/C11H16N4O/c12-11(13)9-1-4-14-7-10(9)15-5-2-8(16)3-6-15/h1,4,7-8,16H,2-3,5-6H2,(H3,12,13). The molecule has 0 spiro atoms. The molecular formula is C11H16N4O. The van der Waals surface area contributed by atoms with E-state index in [1.165, 1.54) is 0 Å². The van der Waals surface area contributed by atoms with Gasteiger partial charge in [-0.1, -0.05) is 0 Å². The molecule has 0 amide bonds. The number of rotatable bonds is 2. The molecule has 2 rings (SSSR count). The van der Waals surface area contributed by atoms with Gasteiger partial charge in [-0.15, -0.1) is 0 Å². The van der Waals surface area contributed by atoms with Crippen LogP contribution in [0.4, 0.5) is 5.69 Å². The topological polar surface area (TPSA) is 86.2 Å². The number of hydrogen-bond donors (Lipinski definition) is 3. The van der Waals surface area contributed by atoms with Crippen LogP contribution in [0.15, 0.2) is 18.5 Å². The maximum Gasteiger partial charge on any atom is 0.125 e. The van der Waals surface area contributed by atoms with Crippen molar-refractivity contribution in [1.82, 2.24) is 4.98 Å². The van der Waals surface area contributed by atoms with Gasteiger partial charge in [0.25, 0.3) is 0 Å². The van der Waals surface area contributed by atoms with Crippen molar-refractivity contribution in [3.8, 4) is 0 Å². The van der Waals surface area contributed by atoms with E-state index in [9.17, 15) is 5.11 Å². The second-order valence-electron chi connectivity index (χ2n) is 4.02. The number of aliphatic hydroxyl groups is 1. The first-order chi connectivity index (χ1) is 7.68. The Bertz CT molecular complexity index is 385. The van der Waals surface area contributed by atoms with Crippen molar-refractivity contribution < 1.29 is 5.11 Å². The minimum Gasteiger partial charge on any atom is -0.393 e. The number of aliphatic hydroxyl groups excluding tert-OH is 1. The molecule has 5 nitrogen and oxygen atoms in total. The van der Waals surface area contributed by atoms with Gasteiger partial charge in [-0.25, -0.2) is 0 Å². The lowest BCUT2D eigenvalue weighted by Crippen LogP contribution is -2.37. The van der Waals surface area contributed by atoms with Gasteiger partial charge in [0.05, 0.1) is 18.0 Å². The minimum absolute atomic E-state index is 0.0588. The predicted octanol–water partition coefficient (Wildman–Crippen LogP) is 0.327. The summed E-state index contributed by atoms with van der Waals surface area (Å²) >= 11 is 0. The summed E-state index contributed by atoms with van der Waals surface area (Å²) < 4.78 is 0. The Morgan fingerprint density at radius 1 is 1.50 bits per heavy atom. The van der Waals surface area contributed by atoms with E-state index < -0.39 is 0 Å². The Morgan fingerprint density at radius 3 is 2.81 bits per heavy atom. The molecule has 1 fully saturated rings. The molecule has 0 aliphatic carbocycles. The van der Waals surface area contributed by atoms with Crippen molar-refractivity contribution >= 4 is 11.5 Å². The van der Waals surface area contributed by atoms with Crippen LogP contribution in [0.2, 0.25) is 0 Å². The van der Waals surface area contributed by atoms with Crippen LogP contribution in [-0.2, 0) is 0 Å². The lowest BCUT2D eigenvalue weighted by molar-refractivity contribution is 0.145. The van der Waals surface area contributed by atoms with E-state index in [0.717, 1.165) is 31.6 Å². The number of nitrogens with two attached hydrogens (primary N) is 1. The third-order valence-electron chi connectivity index (χ3n) is 2.90. The number of nitrogen functional groups attached to an aromatic ring is 1. The highest BCUT2D eigenvalue weighted by atomic mass is 16.3. The third-order valence-corrected chi connectivity index (χ3v) is 2.90. The number of anilines is 1. The maximum absolute atomic E-state index is 9.44. The van der Waals surface area contributed by atoms with Gasteiger partial charge in [0.1, 0.15) is 5.84 Å². The fourth-order valence-corrected chi connectivity index (χ4v) is 1.97. The molecule has 5 heteroatoms. The Labute approximate surface area is 94.4 Å². The van der Waals surface area contributed by atoms with Crippen molar-refractivity contribution in [2.24, 2.45) is 5.73 Å². The van der Waals surface area contributed by atoms with Gasteiger partial charge in [-0.2, -0.15) is 0 Å². The molecular weight excluding hydrogens is 204 g/mol. The summed E-state index contributed by atoms with van der Waals surface area (Å²) in [5, 5.41) is 17.0. The van der Waals surface area contributed by atoms with Crippen molar-refractivity contribution in [1.29, 1.82) is 5.41 Å². The van der Waals surface area contributed by atoms with Crippen molar-refractivity contribution in [3.63, 3.8) is 0 Å². The monoisotopic (exact) mass is 220 g/mol. The van der Waals surface area contributed by atoms with E-state index >= 15 is 0 Å². The third kappa shape index (κ3) is 2.14. The van der Waals surface area contributed by atoms with E-state index in [1.807, 2.05) is 0 Å². The summed E-state index contributed by atoms with van der Waals surface area (Å²) in [6.45, 7) is 1.57. The molecule has 1 aliphatic heterocycles. The predicted molar refractivity (Wildman–Crippen MR) is 62.7 cm³/mol. The van der Waals surface area contributed by atoms with Gasteiger partial charge in [0, 0.05) is 24.8 Å². The first-order valence-corrected chi connectivity index (χ1v) is 5.40. The average molecular weight is 220 g/mol. The van der Waals surface area contributed by atoms with Gasteiger partial charge in [0.15, 0.2) is 0 Å². The van der Waals surface area contributed by atoms with Gasteiger partial charge >= 0.3 is 0 Å². The molecule has 0 radical (unpaired) electrons. The molecule has 1 aliphatic rings. The number of pyridine rings is 1. The molecule has 0 bridgehead atoms. The summed E-state index contributed by atoms with van der Waals surface area (Å²) in [6.07, 6.45) is 4.68. The molecule has 1 aromatic rings. The molecule has 16 heavy (non-hydrogen) atoms. The van der Waals surface area contributed by atoms with Crippen LogP contribution in [0.5, 0.6) is 0 Å². The van der Waals surface area contributed by atoms with E-state index in [2.05, 4.69) is 9.88 Å². The van der Waals surface area contributed by atoms with E-state index in [4.69, 9.17) is 11.1 Å². The van der Waals surface area contributed by atoms with Crippen molar-refractivity contribution in [2.45, 2.75) is 18.9 Å². The second-order valence-corrected chi connectivity index (χ2v) is 4.02. The van der Waals surface area contributed by atoms with Crippen LogP contribution in [0, 0.1) is 5.41 Å². The van der Waals surface area contributed by atoms with Crippen LogP contribution in [-0.4, -0.2) is 35.1 Å². The maximum atomic E-state index is 9.44. The smallest absolute Gasteiger partial charge is 0.125 e. The average Bonchev–Trinajstić information content (AvgIpc) is 2.30. The Hall–Kier alpha value is -1.62. The SMILES string of the molecule is N=C(N)c1ccncc1N1CCC(O)CC1. The van der Waals surface area contributed by atoms with Crippen LogP contribution in [0.1, 0.15) is 18.4 Å². The van der Waals surface area contributed by atoms with Gasteiger partial charge in [0.2, 0.25) is 0 Å². The molecule has 0 aromatic carbocycles. The zero-order chi connectivity index (χ0) is 11.5. The Balaban J connectivity index is 2.23. The number of piperidine rings is 1. The van der Waals surface area contributed by atoms with E-state index in [0.29, 0.717) is 5.56 Å². The van der Waals surface area contributed by atoms with Gasteiger partial charge in [-0.3, -0.25) is 10.4 Å². The fraction of sp³-hybridized carbons (Fsp3) is 0.455. The summed E-state index contributed by atoms with van der Waals surface area (Å²) in [5.74, 6) is 0.0588. The summed E-state index contributed by atoms with van der Waals surface area (Å²) in [4.78, 5) is 6.19. The van der Waals surface area contributed by atoms with Gasteiger partial charge in [-0.05, 0) is 18.9 Å². The number of hydrogen-bond acceptors (Lipinski definition) is 4. The number of aromatic nitrogens is 1. The molecule has 1 saturated heterocycles. The Kier molecular flexibility index (Phi) is 3.05. The fourth-order valence-electron chi connectivity index (χ4n) is 1.97. The molecule has 86 valence electrons. The summed E-state index contributed by atoms with van der Waals surface area (Å²) in [6, 6.07) is 1.75. The zero-order valence-electron chi connectivity index (χ0n) is 9.06. The van der Waals surface area contributed by atoms with Crippen LogP contribution < -0.4 is 10.6 Å². The number of nitrogens with zero attached hydrogens (tertiary/aromatic N) is 2. The first-order valence-electron chi connectivity index (χ1n) is 5.40. The highest BCUT2D eigenvalue weighted by molar-refractivity contribution is 6.00. The molecule has 4 N–H and O–H groups in total. The summed E-state index contributed by atoms with van der Waals surface area (Å²) in [5.41, 5.74) is 7.13. The Morgan fingerprint density at radius 2 is 2.19 bits per heavy atom. The largest absolute Gasteiger partial charge is 0.393 e. The van der Waals surface area contributed by atoms with E-state index in [-0.39, 0.29) is 11.9 Å².